The van der Waals surface area contributed by atoms with Crippen molar-refractivity contribution in [1.82, 2.24) is 4.57 Å². The molecule has 102 valence electrons. The van der Waals surface area contributed by atoms with Crippen molar-refractivity contribution >= 4 is 5.69 Å². The summed E-state index contributed by atoms with van der Waals surface area (Å²) < 4.78 is 52.8. The Hall–Kier alpha value is -1.98. The van der Waals surface area contributed by atoms with E-state index in [4.69, 9.17) is 0 Å². The summed E-state index contributed by atoms with van der Waals surface area (Å²) >= 11 is 0. The molecule has 0 unspecified atom stereocenters. The second-order valence-corrected chi connectivity index (χ2v) is 4.16. The first-order chi connectivity index (χ1) is 8.88. The van der Waals surface area contributed by atoms with E-state index in [1.165, 1.54) is 0 Å². The van der Waals surface area contributed by atoms with E-state index in [-0.39, 0.29) is 12.2 Å². The van der Waals surface area contributed by atoms with Crippen molar-refractivity contribution in [3.05, 3.63) is 53.6 Å². The van der Waals surface area contributed by atoms with Gasteiger partial charge in [0.25, 0.3) is 0 Å². The molecular formula is C13H12F4N2. The fourth-order valence-corrected chi connectivity index (χ4v) is 1.70. The molecule has 0 bridgehead atoms. The molecule has 0 saturated carbocycles. The first-order valence-electron chi connectivity index (χ1n) is 5.59. The molecule has 0 aliphatic heterocycles. The van der Waals surface area contributed by atoms with Crippen molar-refractivity contribution in [1.29, 1.82) is 0 Å². The number of nitrogens with zero attached hydrogens (tertiary/aromatic N) is 1. The highest BCUT2D eigenvalue weighted by Crippen LogP contribution is 2.31. The SMILES string of the molecule is Cn1cccc1CNc1cc(C(F)(F)F)ccc1F. The summed E-state index contributed by atoms with van der Waals surface area (Å²) in [7, 11) is 1.81. The Morgan fingerprint density at radius 2 is 1.95 bits per heavy atom. The number of alkyl halides is 3. The molecule has 0 aliphatic carbocycles. The van der Waals surface area contributed by atoms with E-state index < -0.39 is 17.6 Å². The second kappa shape index (κ2) is 4.95. The molecule has 0 fully saturated rings. The van der Waals surface area contributed by atoms with Gasteiger partial charge in [-0.3, -0.25) is 0 Å². The number of halogens is 4. The summed E-state index contributed by atoms with van der Waals surface area (Å²) in [5.41, 5.74) is -0.184. The molecular weight excluding hydrogens is 260 g/mol. The van der Waals surface area contributed by atoms with Gasteiger partial charge in [0.1, 0.15) is 5.82 Å². The van der Waals surface area contributed by atoms with Crippen LogP contribution in [0.3, 0.4) is 0 Å². The molecule has 0 atom stereocenters. The minimum absolute atomic E-state index is 0.156. The molecule has 0 aliphatic rings. The van der Waals surface area contributed by atoms with Gasteiger partial charge in [0, 0.05) is 18.9 Å². The van der Waals surface area contributed by atoms with Gasteiger partial charge in [0.2, 0.25) is 0 Å². The third kappa shape index (κ3) is 3.07. The lowest BCUT2D eigenvalue weighted by Gasteiger charge is -2.12. The van der Waals surface area contributed by atoms with Gasteiger partial charge in [-0.25, -0.2) is 4.39 Å². The van der Waals surface area contributed by atoms with Gasteiger partial charge in [-0.2, -0.15) is 13.2 Å². The molecule has 1 heterocycles. The standard InChI is InChI=1S/C13H12F4N2/c1-19-6-2-3-10(19)8-18-12-7-9(13(15,16)17)4-5-11(12)14/h2-7,18H,8H2,1H3. The van der Waals surface area contributed by atoms with Gasteiger partial charge < -0.3 is 9.88 Å². The molecule has 19 heavy (non-hydrogen) atoms. The average molecular weight is 272 g/mol. The summed E-state index contributed by atoms with van der Waals surface area (Å²) in [4.78, 5) is 0. The van der Waals surface area contributed by atoms with E-state index in [0.29, 0.717) is 0 Å². The number of aromatic nitrogens is 1. The highest BCUT2D eigenvalue weighted by molar-refractivity contribution is 5.48. The van der Waals surface area contributed by atoms with Crippen molar-refractivity contribution in [2.45, 2.75) is 12.7 Å². The van der Waals surface area contributed by atoms with Crippen LogP contribution in [0, 0.1) is 5.82 Å². The molecule has 0 saturated heterocycles. The van der Waals surface area contributed by atoms with Crippen LogP contribution in [-0.2, 0) is 19.8 Å². The quantitative estimate of drug-likeness (QED) is 0.841. The third-order valence-corrected chi connectivity index (χ3v) is 2.80. The van der Waals surface area contributed by atoms with Crippen LogP contribution in [-0.4, -0.2) is 4.57 Å². The maximum absolute atomic E-state index is 13.5. The lowest BCUT2D eigenvalue weighted by Crippen LogP contribution is -2.09. The smallest absolute Gasteiger partial charge is 0.377 e. The summed E-state index contributed by atoms with van der Waals surface area (Å²) in [5.74, 6) is -0.706. The summed E-state index contributed by atoms with van der Waals surface area (Å²) in [6.45, 7) is 0.252. The van der Waals surface area contributed by atoms with Crippen molar-refractivity contribution in [2.75, 3.05) is 5.32 Å². The predicted octanol–water partition coefficient (Wildman–Crippen LogP) is 3.80. The molecule has 1 aromatic heterocycles. The van der Waals surface area contributed by atoms with Crippen LogP contribution in [0.15, 0.2) is 36.5 Å². The van der Waals surface area contributed by atoms with E-state index >= 15 is 0 Å². The lowest BCUT2D eigenvalue weighted by molar-refractivity contribution is -0.137. The molecule has 1 N–H and O–H groups in total. The van der Waals surface area contributed by atoms with Gasteiger partial charge in [-0.15, -0.1) is 0 Å². The molecule has 2 rings (SSSR count). The molecule has 6 heteroatoms. The Labute approximate surface area is 107 Å². The molecule has 0 spiro atoms. The maximum Gasteiger partial charge on any atom is 0.416 e. The van der Waals surface area contributed by atoms with Crippen LogP contribution >= 0.6 is 0 Å². The van der Waals surface area contributed by atoms with Crippen molar-refractivity contribution in [2.24, 2.45) is 7.05 Å². The van der Waals surface area contributed by atoms with Crippen LogP contribution in [0.5, 0.6) is 0 Å². The molecule has 0 radical (unpaired) electrons. The van der Waals surface area contributed by atoms with Crippen LogP contribution in [0.4, 0.5) is 23.2 Å². The fourth-order valence-electron chi connectivity index (χ4n) is 1.70. The van der Waals surface area contributed by atoms with E-state index in [1.54, 1.807) is 29.9 Å². The summed E-state index contributed by atoms with van der Waals surface area (Å²) in [6, 6.07) is 5.93. The molecule has 2 nitrogen and oxygen atoms in total. The highest BCUT2D eigenvalue weighted by atomic mass is 19.4. The third-order valence-electron chi connectivity index (χ3n) is 2.80. The van der Waals surface area contributed by atoms with Crippen molar-refractivity contribution in [3.63, 3.8) is 0 Å². The van der Waals surface area contributed by atoms with Gasteiger partial charge in [0.15, 0.2) is 0 Å². The monoisotopic (exact) mass is 272 g/mol. The first kappa shape index (κ1) is 13.5. The zero-order valence-electron chi connectivity index (χ0n) is 10.1. The predicted molar refractivity (Wildman–Crippen MR) is 64.1 cm³/mol. The fraction of sp³-hybridized carbons (Fsp3) is 0.231. The van der Waals surface area contributed by atoms with E-state index in [2.05, 4.69) is 5.32 Å². The van der Waals surface area contributed by atoms with Gasteiger partial charge >= 0.3 is 6.18 Å². The lowest BCUT2D eigenvalue weighted by atomic mass is 10.2. The number of anilines is 1. The van der Waals surface area contributed by atoms with Crippen LogP contribution in [0.25, 0.3) is 0 Å². The maximum atomic E-state index is 13.5. The Bertz CT molecular complexity index is 572. The van der Waals surface area contributed by atoms with E-state index in [0.717, 1.165) is 23.9 Å². The Morgan fingerprint density at radius 3 is 2.53 bits per heavy atom. The molecule has 2 aromatic rings. The molecule has 1 aromatic carbocycles. The summed E-state index contributed by atoms with van der Waals surface area (Å²) in [6.07, 6.45) is -2.67. The zero-order chi connectivity index (χ0) is 14.0. The van der Waals surface area contributed by atoms with Crippen LogP contribution in [0.1, 0.15) is 11.3 Å². The normalized spacial score (nSPS) is 11.6. The highest BCUT2D eigenvalue weighted by Gasteiger charge is 2.31. The van der Waals surface area contributed by atoms with Gasteiger partial charge in [0.05, 0.1) is 17.8 Å². The minimum Gasteiger partial charge on any atom is -0.377 e. The Kier molecular flexibility index (Phi) is 3.50. The molecule has 0 amide bonds. The zero-order valence-corrected chi connectivity index (χ0v) is 10.1. The second-order valence-electron chi connectivity index (χ2n) is 4.16. The number of aryl methyl sites for hydroxylation is 1. The van der Waals surface area contributed by atoms with E-state index in [1.807, 2.05) is 0 Å². The Morgan fingerprint density at radius 1 is 1.21 bits per heavy atom. The number of hydrogen-bond acceptors (Lipinski definition) is 1. The van der Waals surface area contributed by atoms with E-state index in [9.17, 15) is 17.6 Å². The number of rotatable bonds is 3. The van der Waals surface area contributed by atoms with Crippen LogP contribution < -0.4 is 5.32 Å². The topological polar surface area (TPSA) is 17.0 Å². The number of benzene rings is 1. The van der Waals surface area contributed by atoms with Gasteiger partial charge in [-0.05, 0) is 30.3 Å². The van der Waals surface area contributed by atoms with Crippen LogP contribution in [0.2, 0.25) is 0 Å². The van der Waals surface area contributed by atoms with Gasteiger partial charge in [-0.1, -0.05) is 0 Å². The Balaban J connectivity index is 2.18. The number of nitrogens with one attached hydrogen (secondary N) is 1. The summed E-state index contributed by atoms with van der Waals surface area (Å²) in [5, 5.41) is 2.67. The minimum atomic E-state index is -4.48. The number of hydrogen-bond donors (Lipinski definition) is 1. The largest absolute Gasteiger partial charge is 0.416 e. The van der Waals surface area contributed by atoms with Crippen molar-refractivity contribution in [3.8, 4) is 0 Å². The van der Waals surface area contributed by atoms with Crippen molar-refractivity contribution < 1.29 is 17.6 Å². The first-order valence-corrected chi connectivity index (χ1v) is 5.59. The average Bonchev–Trinajstić information content (AvgIpc) is 2.72.